The highest BCUT2D eigenvalue weighted by Gasteiger charge is 2.04. The SMILES string of the molecule is Cc1nnc(-c2ccc(I)c(Br)c2)nn1. The van der Waals surface area contributed by atoms with E-state index in [1.54, 1.807) is 6.92 Å². The summed E-state index contributed by atoms with van der Waals surface area (Å²) in [6.45, 7) is 1.76. The number of aryl methyl sites for hydroxylation is 1. The highest BCUT2D eigenvalue weighted by Crippen LogP contribution is 2.24. The number of aromatic nitrogens is 4. The number of hydrogen-bond donors (Lipinski definition) is 0. The predicted molar refractivity (Wildman–Crippen MR) is 68.2 cm³/mol. The summed E-state index contributed by atoms with van der Waals surface area (Å²) in [6.07, 6.45) is 0. The Balaban J connectivity index is 2.45. The molecule has 0 unspecified atom stereocenters. The molecule has 0 N–H and O–H groups in total. The Bertz CT molecular complexity index is 486. The minimum atomic E-state index is 0.540. The zero-order valence-corrected chi connectivity index (χ0v) is 11.5. The number of rotatable bonds is 1. The summed E-state index contributed by atoms with van der Waals surface area (Å²) >= 11 is 5.70. The zero-order valence-electron chi connectivity index (χ0n) is 7.78. The van der Waals surface area contributed by atoms with E-state index in [1.807, 2.05) is 18.2 Å². The van der Waals surface area contributed by atoms with Gasteiger partial charge in [0, 0.05) is 13.6 Å². The normalized spacial score (nSPS) is 10.3. The van der Waals surface area contributed by atoms with E-state index in [-0.39, 0.29) is 0 Å². The van der Waals surface area contributed by atoms with Crippen molar-refractivity contribution in [3.8, 4) is 11.4 Å². The van der Waals surface area contributed by atoms with E-state index in [1.165, 1.54) is 0 Å². The van der Waals surface area contributed by atoms with E-state index in [0.717, 1.165) is 13.6 Å². The maximum atomic E-state index is 3.97. The minimum absolute atomic E-state index is 0.540. The van der Waals surface area contributed by atoms with Gasteiger partial charge in [-0.3, -0.25) is 0 Å². The van der Waals surface area contributed by atoms with Crippen LogP contribution in [0.2, 0.25) is 0 Å². The van der Waals surface area contributed by atoms with Crippen LogP contribution in [0.15, 0.2) is 22.7 Å². The molecule has 0 radical (unpaired) electrons. The lowest BCUT2D eigenvalue weighted by atomic mass is 10.2. The van der Waals surface area contributed by atoms with Crippen LogP contribution in [0.3, 0.4) is 0 Å². The summed E-state index contributed by atoms with van der Waals surface area (Å²) in [6, 6.07) is 5.89. The van der Waals surface area contributed by atoms with Gasteiger partial charge in [0.2, 0.25) is 5.82 Å². The molecule has 1 aromatic carbocycles. The van der Waals surface area contributed by atoms with Crippen LogP contribution in [-0.4, -0.2) is 20.4 Å². The van der Waals surface area contributed by atoms with Crippen molar-refractivity contribution in [1.29, 1.82) is 0 Å². The fourth-order valence-electron chi connectivity index (χ4n) is 1.03. The van der Waals surface area contributed by atoms with E-state index < -0.39 is 0 Å². The molecule has 0 amide bonds. The maximum absolute atomic E-state index is 3.97. The van der Waals surface area contributed by atoms with Crippen molar-refractivity contribution < 1.29 is 0 Å². The second-order valence-electron chi connectivity index (χ2n) is 2.90. The molecule has 0 spiro atoms. The summed E-state index contributed by atoms with van der Waals surface area (Å²) in [4.78, 5) is 0. The van der Waals surface area contributed by atoms with Gasteiger partial charge in [0.1, 0.15) is 0 Å². The molecule has 0 aliphatic carbocycles. The molecule has 2 aromatic rings. The highest BCUT2D eigenvalue weighted by atomic mass is 127. The second-order valence-corrected chi connectivity index (χ2v) is 4.92. The van der Waals surface area contributed by atoms with Crippen molar-refractivity contribution in [2.24, 2.45) is 0 Å². The van der Waals surface area contributed by atoms with Gasteiger partial charge in [0.05, 0.1) is 0 Å². The quantitative estimate of drug-likeness (QED) is 0.718. The third-order valence-electron chi connectivity index (χ3n) is 1.76. The van der Waals surface area contributed by atoms with Gasteiger partial charge < -0.3 is 0 Å². The second kappa shape index (κ2) is 4.48. The summed E-state index contributed by atoms with van der Waals surface area (Å²) in [7, 11) is 0. The standard InChI is InChI=1S/C9H6BrIN4/c1-5-12-14-9(15-13-5)6-2-3-8(11)7(10)4-6/h2-4H,1H3. The maximum Gasteiger partial charge on any atom is 0.203 e. The van der Waals surface area contributed by atoms with Gasteiger partial charge in [-0.2, -0.15) is 0 Å². The van der Waals surface area contributed by atoms with Crippen molar-refractivity contribution in [3.63, 3.8) is 0 Å². The fourth-order valence-corrected chi connectivity index (χ4v) is 1.74. The molecule has 0 aliphatic heterocycles. The summed E-state index contributed by atoms with van der Waals surface area (Å²) in [5, 5.41) is 15.7. The number of nitrogens with zero attached hydrogens (tertiary/aromatic N) is 4. The molecule has 1 aromatic heterocycles. The largest absolute Gasteiger partial charge is 0.203 e. The average Bonchev–Trinajstić information content (AvgIpc) is 2.23. The molecule has 2 rings (SSSR count). The number of benzene rings is 1. The lowest BCUT2D eigenvalue weighted by molar-refractivity contribution is 0.816. The molecule has 0 atom stereocenters. The van der Waals surface area contributed by atoms with Gasteiger partial charge in [-0.25, -0.2) is 0 Å². The minimum Gasteiger partial charge on any atom is -0.131 e. The molecule has 0 fully saturated rings. The number of hydrogen-bond acceptors (Lipinski definition) is 4. The van der Waals surface area contributed by atoms with Crippen molar-refractivity contribution in [2.75, 3.05) is 0 Å². The predicted octanol–water partition coefficient (Wildman–Crippen LogP) is 2.61. The lowest BCUT2D eigenvalue weighted by Crippen LogP contribution is -1.98. The zero-order chi connectivity index (χ0) is 10.8. The van der Waals surface area contributed by atoms with E-state index in [2.05, 4.69) is 58.9 Å². The van der Waals surface area contributed by atoms with E-state index in [4.69, 9.17) is 0 Å². The Hall–Kier alpha value is -0.630. The number of halogens is 2. The fraction of sp³-hybridized carbons (Fsp3) is 0.111. The van der Waals surface area contributed by atoms with Crippen LogP contribution in [0.25, 0.3) is 11.4 Å². The topological polar surface area (TPSA) is 51.6 Å². The van der Waals surface area contributed by atoms with Crippen LogP contribution in [0.4, 0.5) is 0 Å². The van der Waals surface area contributed by atoms with Gasteiger partial charge in [-0.1, -0.05) is 0 Å². The summed E-state index contributed by atoms with van der Waals surface area (Å²) in [5.74, 6) is 1.11. The van der Waals surface area contributed by atoms with Crippen LogP contribution in [0.5, 0.6) is 0 Å². The molecule has 15 heavy (non-hydrogen) atoms. The first-order valence-electron chi connectivity index (χ1n) is 4.16. The molecule has 0 bridgehead atoms. The van der Waals surface area contributed by atoms with Crippen LogP contribution in [-0.2, 0) is 0 Å². The Morgan fingerprint density at radius 2 is 1.80 bits per heavy atom. The Morgan fingerprint density at radius 3 is 2.40 bits per heavy atom. The summed E-state index contributed by atoms with van der Waals surface area (Å²) in [5.41, 5.74) is 0.905. The molecular weight excluding hydrogens is 371 g/mol. The lowest BCUT2D eigenvalue weighted by Gasteiger charge is -2.00. The monoisotopic (exact) mass is 376 g/mol. The molecule has 0 saturated heterocycles. The average molecular weight is 377 g/mol. The first-order chi connectivity index (χ1) is 7.16. The van der Waals surface area contributed by atoms with Crippen LogP contribution in [0, 0.1) is 10.5 Å². The molecular formula is C9H6BrIN4. The third kappa shape index (κ3) is 2.49. The van der Waals surface area contributed by atoms with E-state index in [0.29, 0.717) is 11.6 Å². The first-order valence-corrected chi connectivity index (χ1v) is 6.03. The van der Waals surface area contributed by atoms with Crippen LogP contribution >= 0.6 is 38.5 Å². The highest BCUT2D eigenvalue weighted by molar-refractivity contribution is 14.1. The molecule has 0 saturated carbocycles. The van der Waals surface area contributed by atoms with E-state index in [9.17, 15) is 0 Å². The molecule has 0 aliphatic rings. The van der Waals surface area contributed by atoms with Gasteiger partial charge in [0.15, 0.2) is 5.82 Å². The summed E-state index contributed by atoms with van der Waals surface area (Å²) < 4.78 is 2.16. The van der Waals surface area contributed by atoms with Crippen LogP contribution < -0.4 is 0 Å². The van der Waals surface area contributed by atoms with Gasteiger partial charge in [-0.15, -0.1) is 20.4 Å². The Morgan fingerprint density at radius 1 is 1.13 bits per heavy atom. The van der Waals surface area contributed by atoms with E-state index >= 15 is 0 Å². The van der Waals surface area contributed by atoms with Crippen molar-refractivity contribution in [3.05, 3.63) is 32.1 Å². The van der Waals surface area contributed by atoms with Crippen molar-refractivity contribution in [1.82, 2.24) is 20.4 Å². The smallest absolute Gasteiger partial charge is 0.131 e. The Labute approximate surface area is 109 Å². The Kier molecular flexibility index (Phi) is 3.25. The van der Waals surface area contributed by atoms with Gasteiger partial charge >= 0.3 is 0 Å². The third-order valence-corrected chi connectivity index (χ3v) is 4.09. The van der Waals surface area contributed by atoms with Crippen molar-refractivity contribution in [2.45, 2.75) is 6.92 Å². The molecule has 4 nitrogen and oxygen atoms in total. The van der Waals surface area contributed by atoms with Crippen molar-refractivity contribution >= 4 is 38.5 Å². The van der Waals surface area contributed by atoms with Crippen LogP contribution in [0.1, 0.15) is 5.82 Å². The van der Waals surface area contributed by atoms with Gasteiger partial charge in [-0.05, 0) is 63.6 Å². The molecule has 6 heteroatoms. The molecule has 76 valence electrons. The molecule has 1 heterocycles. The van der Waals surface area contributed by atoms with Gasteiger partial charge in [0.25, 0.3) is 0 Å². The first kappa shape index (κ1) is 10.9.